The van der Waals surface area contributed by atoms with Crippen molar-refractivity contribution in [3.05, 3.63) is 28.4 Å². The minimum absolute atomic E-state index is 0.165. The molecule has 0 radical (unpaired) electrons. The van der Waals surface area contributed by atoms with Crippen LogP contribution in [-0.4, -0.2) is 48.8 Å². The summed E-state index contributed by atoms with van der Waals surface area (Å²) in [6.07, 6.45) is 1.96. The van der Waals surface area contributed by atoms with Crippen LogP contribution in [0.4, 0.5) is 0 Å². The molecule has 3 rings (SSSR count). The molecular weight excluding hydrogens is 222 g/mol. The number of aliphatic hydroxyl groups excluding tert-OH is 1. The van der Waals surface area contributed by atoms with Gasteiger partial charge in [0.2, 0.25) is 0 Å². The summed E-state index contributed by atoms with van der Waals surface area (Å²) in [6, 6.07) is 1.50. The minimum atomic E-state index is -0.259. The van der Waals surface area contributed by atoms with Crippen LogP contribution in [0.1, 0.15) is 12.1 Å². The van der Waals surface area contributed by atoms with Gasteiger partial charge in [-0.15, -0.1) is 0 Å². The summed E-state index contributed by atoms with van der Waals surface area (Å²) in [5, 5.41) is 12.1. The van der Waals surface area contributed by atoms with E-state index < -0.39 is 0 Å². The second kappa shape index (κ2) is 3.94. The Kier molecular flexibility index (Phi) is 2.41. The Balaban J connectivity index is 1.88. The molecular formula is C10H13N5O2. The van der Waals surface area contributed by atoms with Crippen molar-refractivity contribution in [1.29, 1.82) is 0 Å². The average molecular weight is 235 g/mol. The summed E-state index contributed by atoms with van der Waals surface area (Å²) in [5.41, 5.74) is 0.526. The Morgan fingerprint density at radius 1 is 1.59 bits per heavy atom. The molecule has 2 aromatic heterocycles. The maximum Gasteiger partial charge on any atom is 0.274 e. The van der Waals surface area contributed by atoms with Crippen LogP contribution in [0, 0.1) is 0 Å². The summed E-state index contributed by atoms with van der Waals surface area (Å²) in [7, 11) is 0. The highest BCUT2D eigenvalue weighted by Crippen LogP contribution is 2.11. The second-order valence-corrected chi connectivity index (χ2v) is 4.29. The van der Waals surface area contributed by atoms with E-state index in [0.717, 1.165) is 13.0 Å². The molecule has 0 aromatic carbocycles. The molecule has 1 atom stereocenters. The maximum absolute atomic E-state index is 11.7. The number of nitrogens with one attached hydrogen (secondary N) is 1. The number of aromatic nitrogens is 4. The number of likely N-dealkylation sites (tertiary alicyclic amines) is 1. The van der Waals surface area contributed by atoms with Crippen LogP contribution in [0.3, 0.4) is 0 Å². The summed E-state index contributed by atoms with van der Waals surface area (Å²) < 4.78 is 1.29. The molecule has 2 aromatic rings. The number of hydrogen-bond donors (Lipinski definition) is 2. The molecule has 0 aliphatic carbocycles. The molecule has 1 saturated heterocycles. The number of aliphatic hydroxyl groups is 1. The molecule has 1 aliphatic heterocycles. The predicted molar refractivity (Wildman–Crippen MR) is 59.5 cm³/mol. The Hall–Kier alpha value is -1.73. The van der Waals surface area contributed by atoms with Gasteiger partial charge in [0.15, 0.2) is 0 Å². The monoisotopic (exact) mass is 235 g/mol. The van der Waals surface area contributed by atoms with Gasteiger partial charge in [0, 0.05) is 25.7 Å². The van der Waals surface area contributed by atoms with E-state index >= 15 is 0 Å². The number of aromatic amines is 1. The van der Waals surface area contributed by atoms with Crippen LogP contribution in [0.25, 0.3) is 5.78 Å². The lowest BCUT2D eigenvalue weighted by atomic mass is 10.3. The number of β-amino-alcohol motifs (C(OH)–C–C–N with tert-alkyl or cyclic N) is 1. The van der Waals surface area contributed by atoms with Crippen molar-refractivity contribution in [2.45, 2.75) is 19.1 Å². The zero-order chi connectivity index (χ0) is 11.8. The second-order valence-electron chi connectivity index (χ2n) is 4.29. The van der Waals surface area contributed by atoms with Gasteiger partial charge >= 0.3 is 0 Å². The van der Waals surface area contributed by atoms with Crippen molar-refractivity contribution in [1.82, 2.24) is 24.5 Å². The molecule has 1 fully saturated rings. The molecule has 90 valence electrons. The van der Waals surface area contributed by atoms with Crippen molar-refractivity contribution in [3.63, 3.8) is 0 Å². The van der Waals surface area contributed by atoms with Gasteiger partial charge in [-0.2, -0.15) is 4.52 Å². The third-order valence-electron chi connectivity index (χ3n) is 2.95. The van der Waals surface area contributed by atoms with Gasteiger partial charge in [-0.05, 0) is 6.42 Å². The smallest absolute Gasteiger partial charge is 0.274 e. The molecule has 3 heterocycles. The molecule has 0 amide bonds. The van der Waals surface area contributed by atoms with Crippen molar-refractivity contribution < 1.29 is 5.11 Å². The number of nitrogens with zero attached hydrogens (tertiary/aromatic N) is 4. The molecule has 0 spiro atoms. The SMILES string of the molecule is O=c1cc(CN2CCC(O)C2)nc2nc[nH]n12. The molecule has 7 nitrogen and oxygen atoms in total. The van der Waals surface area contributed by atoms with Gasteiger partial charge in [0.05, 0.1) is 11.8 Å². The van der Waals surface area contributed by atoms with E-state index in [2.05, 4.69) is 20.0 Å². The van der Waals surface area contributed by atoms with Crippen molar-refractivity contribution in [3.8, 4) is 0 Å². The van der Waals surface area contributed by atoms with Crippen molar-refractivity contribution in [2.24, 2.45) is 0 Å². The minimum Gasteiger partial charge on any atom is -0.392 e. The predicted octanol–water partition coefficient (Wildman–Crippen LogP) is -1.02. The lowest BCUT2D eigenvalue weighted by Gasteiger charge is -2.13. The van der Waals surface area contributed by atoms with E-state index in [1.165, 1.54) is 16.9 Å². The fourth-order valence-electron chi connectivity index (χ4n) is 2.13. The first kappa shape index (κ1) is 10.4. The van der Waals surface area contributed by atoms with Crippen LogP contribution in [0.2, 0.25) is 0 Å². The number of hydrogen-bond acceptors (Lipinski definition) is 5. The van der Waals surface area contributed by atoms with E-state index in [1.54, 1.807) is 0 Å². The van der Waals surface area contributed by atoms with Crippen LogP contribution in [0.5, 0.6) is 0 Å². The summed E-state index contributed by atoms with van der Waals surface area (Å²) in [6.45, 7) is 2.06. The molecule has 17 heavy (non-hydrogen) atoms. The normalized spacial score (nSPS) is 21.4. The third-order valence-corrected chi connectivity index (χ3v) is 2.95. The van der Waals surface area contributed by atoms with E-state index in [4.69, 9.17) is 0 Å². The van der Waals surface area contributed by atoms with Gasteiger partial charge < -0.3 is 5.11 Å². The summed E-state index contributed by atoms with van der Waals surface area (Å²) >= 11 is 0. The molecule has 2 N–H and O–H groups in total. The van der Waals surface area contributed by atoms with Crippen LogP contribution >= 0.6 is 0 Å². The van der Waals surface area contributed by atoms with Crippen LogP contribution < -0.4 is 5.56 Å². The Morgan fingerprint density at radius 2 is 2.47 bits per heavy atom. The van der Waals surface area contributed by atoms with Crippen LogP contribution in [0.15, 0.2) is 17.2 Å². The number of rotatable bonds is 2. The first-order valence-electron chi connectivity index (χ1n) is 5.55. The quantitative estimate of drug-likeness (QED) is 0.696. The highest BCUT2D eigenvalue weighted by molar-refractivity contribution is 5.25. The highest BCUT2D eigenvalue weighted by Gasteiger charge is 2.20. The van der Waals surface area contributed by atoms with Gasteiger partial charge in [-0.3, -0.25) is 14.8 Å². The van der Waals surface area contributed by atoms with Gasteiger partial charge in [-0.1, -0.05) is 0 Å². The van der Waals surface area contributed by atoms with E-state index in [1.807, 2.05) is 0 Å². The van der Waals surface area contributed by atoms with Crippen molar-refractivity contribution >= 4 is 5.78 Å². The summed E-state index contributed by atoms with van der Waals surface area (Å²) in [5.74, 6) is 0.382. The fourth-order valence-corrected chi connectivity index (χ4v) is 2.13. The van der Waals surface area contributed by atoms with E-state index in [0.29, 0.717) is 24.6 Å². The first-order valence-corrected chi connectivity index (χ1v) is 5.55. The fraction of sp³-hybridized carbons (Fsp3) is 0.500. The Morgan fingerprint density at radius 3 is 3.24 bits per heavy atom. The first-order chi connectivity index (χ1) is 8.22. The number of H-pyrrole nitrogens is 1. The molecule has 0 saturated carbocycles. The third kappa shape index (κ3) is 1.94. The number of fused-ring (bicyclic) bond motifs is 1. The van der Waals surface area contributed by atoms with E-state index in [9.17, 15) is 9.90 Å². The van der Waals surface area contributed by atoms with Gasteiger partial charge in [0.25, 0.3) is 11.3 Å². The highest BCUT2D eigenvalue weighted by atomic mass is 16.3. The summed E-state index contributed by atoms with van der Waals surface area (Å²) in [4.78, 5) is 22.0. The van der Waals surface area contributed by atoms with Gasteiger partial charge in [-0.25, -0.2) is 9.97 Å². The lowest BCUT2D eigenvalue weighted by Crippen LogP contribution is -2.24. The average Bonchev–Trinajstić information content (AvgIpc) is 2.87. The lowest BCUT2D eigenvalue weighted by molar-refractivity contribution is 0.174. The standard InChI is InChI=1S/C10H13N5O2/c16-8-1-2-14(5-8)4-7-3-9(17)15-10(13-7)11-6-12-15/h3,6,8,16H,1-2,4-5H2,(H,11,12,13). The molecule has 1 aliphatic rings. The van der Waals surface area contributed by atoms with Gasteiger partial charge in [0.1, 0.15) is 6.33 Å². The zero-order valence-electron chi connectivity index (χ0n) is 9.20. The van der Waals surface area contributed by atoms with Crippen LogP contribution in [-0.2, 0) is 6.54 Å². The molecule has 7 heteroatoms. The van der Waals surface area contributed by atoms with Crippen molar-refractivity contribution in [2.75, 3.05) is 13.1 Å². The Labute approximate surface area is 96.7 Å². The van der Waals surface area contributed by atoms with E-state index in [-0.39, 0.29) is 11.7 Å². The maximum atomic E-state index is 11.7. The topological polar surface area (TPSA) is 86.5 Å². The largest absolute Gasteiger partial charge is 0.392 e. The zero-order valence-corrected chi connectivity index (χ0v) is 9.20. The molecule has 1 unspecified atom stereocenters. The Bertz CT molecular complexity index is 590. The molecule has 0 bridgehead atoms.